The van der Waals surface area contributed by atoms with Crippen molar-refractivity contribution in [1.29, 1.82) is 0 Å². The lowest BCUT2D eigenvalue weighted by molar-refractivity contribution is -0.136. The van der Waals surface area contributed by atoms with Crippen molar-refractivity contribution in [3.8, 4) is 0 Å². The molecule has 0 spiro atoms. The third-order valence-corrected chi connectivity index (χ3v) is 4.33. The largest absolute Gasteiger partial charge is 0.481 e. The Hall–Kier alpha value is -1.45. The van der Waals surface area contributed by atoms with Crippen molar-refractivity contribution in [3.05, 3.63) is 70.2 Å². The van der Waals surface area contributed by atoms with E-state index in [0.717, 1.165) is 33.2 Å². The predicted octanol–water partition coefficient (Wildman–Crippen LogP) is 4.40. The van der Waals surface area contributed by atoms with E-state index in [1.54, 1.807) is 11.8 Å². The van der Waals surface area contributed by atoms with Gasteiger partial charge in [-0.3, -0.25) is 4.79 Å². The van der Waals surface area contributed by atoms with E-state index in [2.05, 4.69) is 0 Å². The van der Waals surface area contributed by atoms with Crippen molar-refractivity contribution in [2.45, 2.75) is 17.9 Å². The lowest BCUT2D eigenvalue weighted by atomic mass is 10.1. The number of hydrogen-bond acceptors (Lipinski definition) is 2. The first-order valence-electron chi connectivity index (χ1n) is 6.26. The van der Waals surface area contributed by atoms with Gasteiger partial charge in [0.05, 0.1) is 6.42 Å². The number of hydrogen-bond donors (Lipinski definition) is 1. The third kappa shape index (κ3) is 4.29. The molecule has 0 radical (unpaired) electrons. The van der Waals surface area contributed by atoms with E-state index in [1.807, 2.05) is 48.5 Å². The molecule has 0 aliphatic carbocycles. The average Bonchev–Trinajstić information content (AvgIpc) is 2.42. The van der Waals surface area contributed by atoms with Crippen molar-refractivity contribution in [3.63, 3.8) is 0 Å². The Morgan fingerprint density at radius 3 is 2.15 bits per heavy atom. The summed E-state index contributed by atoms with van der Waals surface area (Å²) in [7, 11) is 0. The molecule has 20 heavy (non-hydrogen) atoms. The summed E-state index contributed by atoms with van der Waals surface area (Å²) in [6, 6.07) is 15.5. The molecule has 2 aromatic carbocycles. The molecular formula is C16H15ClO2S. The van der Waals surface area contributed by atoms with Crippen LogP contribution in [-0.2, 0) is 22.7 Å². The number of carboxylic acid groups (broad SMARTS) is 1. The second-order valence-corrected chi connectivity index (χ2v) is 5.82. The summed E-state index contributed by atoms with van der Waals surface area (Å²) in [6.07, 6.45) is 0.0722. The Labute approximate surface area is 127 Å². The molecule has 2 rings (SSSR count). The molecule has 0 fully saturated rings. The minimum atomic E-state index is -0.798. The summed E-state index contributed by atoms with van der Waals surface area (Å²) in [5.41, 5.74) is 3.06. The quantitative estimate of drug-likeness (QED) is 0.859. The molecule has 0 amide bonds. The van der Waals surface area contributed by atoms with Crippen LogP contribution in [0.3, 0.4) is 0 Å². The van der Waals surface area contributed by atoms with E-state index < -0.39 is 5.97 Å². The van der Waals surface area contributed by atoms with Crippen LogP contribution in [0.25, 0.3) is 0 Å². The Balaban J connectivity index is 1.97. The average molecular weight is 307 g/mol. The van der Waals surface area contributed by atoms with Crippen LogP contribution >= 0.6 is 23.4 Å². The molecule has 0 heterocycles. The van der Waals surface area contributed by atoms with Gasteiger partial charge >= 0.3 is 5.97 Å². The number of halogens is 1. The number of carbonyl (C=O) groups is 1. The van der Waals surface area contributed by atoms with Gasteiger partial charge in [0.2, 0.25) is 0 Å². The number of aliphatic carboxylic acids is 1. The van der Waals surface area contributed by atoms with Crippen molar-refractivity contribution in [1.82, 2.24) is 0 Å². The van der Waals surface area contributed by atoms with Gasteiger partial charge in [0, 0.05) is 16.5 Å². The fraction of sp³-hybridized carbons (Fsp3) is 0.188. The van der Waals surface area contributed by atoms with Gasteiger partial charge < -0.3 is 5.11 Å². The highest BCUT2D eigenvalue weighted by Gasteiger charge is 2.07. The normalized spacial score (nSPS) is 10.4. The fourth-order valence-electron chi connectivity index (χ4n) is 1.92. The molecule has 0 atom stereocenters. The molecule has 0 unspecified atom stereocenters. The van der Waals surface area contributed by atoms with Crippen LogP contribution < -0.4 is 0 Å². The van der Waals surface area contributed by atoms with E-state index in [9.17, 15) is 4.79 Å². The van der Waals surface area contributed by atoms with E-state index in [1.165, 1.54) is 0 Å². The van der Waals surface area contributed by atoms with Gasteiger partial charge in [-0.2, -0.15) is 11.8 Å². The second-order valence-electron chi connectivity index (χ2n) is 4.42. The molecule has 2 aromatic rings. The first-order chi connectivity index (χ1) is 9.66. The molecule has 4 heteroatoms. The second kappa shape index (κ2) is 7.36. The molecule has 0 saturated heterocycles. The first-order valence-corrected chi connectivity index (χ1v) is 7.80. The topological polar surface area (TPSA) is 37.3 Å². The summed E-state index contributed by atoms with van der Waals surface area (Å²) in [5, 5.41) is 9.68. The summed E-state index contributed by atoms with van der Waals surface area (Å²) in [5.74, 6) is 0.809. The van der Waals surface area contributed by atoms with Crippen molar-refractivity contribution in [2.75, 3.05) is 0 Å². The van der Waals surface area contributed by atoms with Gasteiger partial charge in [0.25, 0.3) is 0 Å². The monoisotopic (exact) mass is 306 g/mol. The smallest absolute Gasteiger partial charge is 0.307 e. The predicted molar refractivity (Wildman–Crippen MR) is 84.2 cm³/mol. The minimum absolute atomic E-state index is 0.0722. The zero-order chi connectivity index (χ0) is 14.4. The summed E-state index contributed by atoms with van der Waals surface area (Å²) in [6.45, 7) is 0. The maximum absolute atomic E-state index is 10.8. The summed E-state index contributed by atoms with van der Waals surface area (Å²) >= 11 is 7.85. The van der Waals surface area contributed by atoms with Crippen LogP contribution in [0.2, 0.25) is 5.02 Å². The highest BCUT2D eigenvalue weighted by Crippen LogP contribution is 2.24. The maximum atomic E-state index is 10.8. The number of benzene rings is 2. The van der Waals surface area contributed by atoms with Gasteiger partial charge in [-0.15, -0.1) is 0 Å². The molecule has 0 aromatic heterocycles. The van der Waals surface area contributed by atoms with Crippen LogP contribution in [0, 0.1) is 0 Å². The molecule has 0 aliphatic rings. The van der Waals surface area contributed by atoms with Crippen LogP contribution in [-0.4, -0.2) is 11.1 Å². The maximum Gasteiger partial charge on any atom is 0.307 e. The van der Waals surface area contributed by atoms with Crippen molar-refractivity contribution in [2.24, 2.45) is 0 Å². The zero-order valence-corrected chi connectivity index (χ0v) is 12.5. The van der Waals surface area contributed by atoms with Crippen LogP contribution in [0.5, 0.6) is 0 Å². The standard InChI is InChI=1S/C16H15ClO2S/c17-15-8-4-3-7-14(15)11-20-10-13-6-2-1-5-12(13)9-16(18)19/h1-8H,9-11H2,(H,18,19). The molecule has 104 valence electrons. The SMILES string of the molecule is O=C(O)Cc1ccccc1CSCc1ccccc1Cl. The Bertz CT molecular complexity index is 599. The van der Waals surface area contributed by atoms with Crippen molar-refractivity contribution < 1.29 is 9.90 Å². The highest BCUT2D eigenvalue weighted by molar-refractivity contribution is 7.97. The number of rotatable bonds is 6. The minimum Gasteiger partial charge on any atom is -0.481 e. The van der Waals surface area contributed by atoms with E-state index in [4.69, 9.17) is 16.7 Å². The number of carboxylic acids is 1. The Kier molecular flexibility index (Phi) is 5.50. The molecule has 0 aliphatic heterocycles. The lowest BCUT2D eigenvalue weighted by Gasteiger charge is -2.08. The third-order valence-electron chi connectivity index (χ3n) is 2.93. The van der Waals surface area contributed by atoms with E-state index in [0.29, 0.717) is 0 Å². The van der Waals surface area contributed by atoms with E-state index >= 15 is 0 Å². The zero-order valence-electron chi connectivity index (χ0n) is 10.9. The van der Waals surface area contributed by atoms with Crippen LogP contribution in [0.15, 0.2) is 48.5 Å². The first kappa shape index (κ1) is 14.9. The van der Waals surface area contributed by atoms with Gasteiger partial charge in [-0.1, -0.05) is 54.1 Å². The molecule has 1 N–H and O–H groups in total. The van der Waals surface area contributed by atoms with Gasteiger partial charge in [-0.25, -0.2) is 0 Å². The molecular weight excluding hydrogens is 292 g/mol. The fourth-order valence-corrected chi connectivity index (χ4v) is 3.28. The summed E-state index contributed by atoms with van der Waals surface area (Å²) in [4.78, 5) is 10.8. The van der Waals surface area contributed by atoms with Gasteiger partial charge in [-0.05, 0) is 22.8 Å². The highest BCUT2D eigenvalue weighted by atomic mass is 35.5. The molecule has 2 nitrogen and oxygen atoms in total. The summed E-state index contributed by atoms with van der Waals surface area (Å²) < 4.78 is 0. The van der Waals surface area contributed by atoms with Crippen LogP contribution in [0.1, 0.15) is 16.7 Å². The van der Waals surface area contributed by atoms with Crippen LogP contribution in [0.4, 0.5) is 0 Å². The molecule has 0 bridgehead atoms. The Morgan fingerprint density at radius 1 is 0.950 bits per heavy atom. The van der Waals surface area contributed by atoms with Gasteiger partial charge in [0.15, 0.2) is 0 Å². The number of thioether (sulfide) groups is 1. The lowest BCUT2D eigenvalue weighted by Crippen LogP contribution is -2.03. The Morgan fingerprint density at radius 2 is 1.50 bits per heavy atom. The van der Waals surface area contributed by atoms with Gasteiger partial charge in [0.1, 0.15) is 0 Å². The molecule has 0 saturated carbocycles. The van der Waals surface area contributed by atoms with E-state index in [-0.39, 0.29) is 6.42 Å². The van der Waals surface area contributed by atoms with Crippen molar-refractivity contribution >= 4 is 29.3 Å².